The van der Waals surface area contributed by atoms with Crippen molar-refractivity contribution in [3.63, 3.8) is 0 Å². The maximum atomic E-state index is 5.22. The topological polar surface area (TPSA) is 18.5 Å². The first-order chi connectivity index (χ1) is 9.81. The van der Waals surface area contributed by atoms with Crippen LogP contribution in [0.4, 0.5) is 0 Å². The van der Waals surface area contributed by atoms with Gasteiger partial charge in [0.15, 0.2) is 0 Å². The van der Waals surface area contributed by atoms with Crippen LogP contribution in [0.1, 0.15) is 35.8 Å². The predicted octanol–water partition coefficient (Wildman–Crippen LogP) is 4.37. The maximum absolute atomic E-state index is 5.22. The first-order valence-corrected chi connectivity index (χ1v) is 7.09. The molecule has 2 unspecified atom stereocenters. The van der Waals surface area contributed by atoms with Crippen LogP contribution in [-0.4, -0.2) is 14.2 Å². The van der Waals surface area contributed by atoms with Crippen molar-refractivity contribution in [2.75, 3.05) is 14.2 Å². The molecule has 0 N–H and O–H groups in total. The number of methoxy groups -OCH3 is 2. The van der Waals surface area contributed by atoms with Crippen LogP contribution in [0.5, 0.6) is 11.5 Å². The van der Waals surface area contributed by atoms with E-state index in [2.05, 4.69) is 48.5 Å². The largest absolute Gasteiger partial charge is 0.497 e. The molecule has 0 spiro atoms. The molecule has 2 nitrogen and oxygen atoms in total. The van der Waals surface area contributed by atoms with Crippen molar-refractivity contribution in [1.29, 1.82) is 0 Å². The highest BCUT2D eigenvalue weighted by Crippen LogP contribution is 2.49. The van der Waals surface area contributed by atoms with Gasteiger partial charge in [-0.05, 0) is 60.1 Å². The Morgan fingerprint density at radius 3 is 1.25 bits per heavy atom. The average Bonchev–Trinajstić information content (AvgIpc) is 2.48. The Labute approximate surface area is 120 Å². The smallest absolute Gasteiger partial charge is 0.118 e. The van der Waals surface area contributed by atoms with Gasteiger partial charge in [-0.25, -0.2) is 0 Å². The van der Waals surface area contributed by atoms with Gasteiger partial charge in [-0.2, -0.15) is 0 Å². The van der Waals surface area contributed by atoms with Gasteiger partial charge in [-0.15, -0.1) is 0 Å². The van der Waals surface area contributed by atoms with Crippen molar-refractivity contribution in [2.45, 2.75) is 24.7 Å². The Bertz CT molecular complexity index is 503. The molecular weight excluding hydrogens is 248 g/mol. The van der Waals surface area contributed by atoms with Crippen molar-refractivity contribution >= 4 is 0 Å². The van der Waals surface area contributed by atoms with E-state index in [-0.39, 0.29) is 0 Å². The van der Waals surface area contributed by atoms with Crippen LogP contribution in [0.25, 0.3) is 0 Å². The van der Waals surface area contributed by atoms with Gasteiger partial charge in [0.2, 0.25) is 0 Å². The molecule has 0 radical (unpaired) electrons. The van der Waals surface area contributed by atoms with E-state index in [9.17, 15) is 0 Å². The van der Waals surface area contributed by atoms with E-state index in [1.165, 1.54) is 24.0 Å². The van der Waals surface area contributed by atoms with Crippen LogP contribution >= 0.6 is 0 Å². The minimum atomic E-state index is 0.634. The van der Waals surface area contributed by atoms with E-state index >= 15 is 0 Å². The summed E-state index contributed by atoms with van der Waals surface area (Å²) >= 11 is 0. The molecule has 0 amide bonds. The van der Waals surface area contributed by atoms with Gasteiger partial charge in [0.25, 0.3) is 0 Å². The fourth-order valence-corrected chi connectivity index (χ4v) is 3.00. The first kappa shape index (κ1) is 13.0. The number of benzene rings is 2. The highest BCUT2D eigenvalue weighted by atomic mass is 16.5. The standard InChI is InChI=1S/C18H20O2/c1-19-15-7-3-13(4-8-15)17-11-12-18(17)14-5-9-16(20-2)10-6-14/h3-10,17-18H,11-12H2,1-2H3. The molecule has 1 fully saturated rings. The van der Waals surface area contributed by atoms with Crippen molar-refractivity contribution < 1.29 is 9.47 Å². The molecule has 3 rings (SSSR count). The van der Waals surface area contributed by atoms with Gasteiger partial charge in [-0.1, -0.05) is 24.3 Å². The number of hydrogen-bond acceptors (Lipinski definition) is 2. The van der Waals surface area contributed by atoms with Crippen LogP contribution in [0.3, 0.4) is 0 Å². The average molecular weight is 268 g/mol. The first-order valence-electron chi connectivity index (χ1n) is 7.09. The van der Waals surface area contributed by atoms with Crippen LogP contribution < -0.4 is 9.47 Å². The molecule has 0 heterocycles. The highest BCUT2D eigenvalue weighted by Gasteiger charge is 2.33. The van der Waals surface area contributed by atoms with Crippen LogP contribution in [0, 0.1) is 0 Å². The lowest BCUT2D eigenvalue weighted by atomic mass is 9.67. The van der Waals surface area contributed by atoms with Crippen LogP contribution in [0.2, 0.25) is 0 Å². The van der Waals surface area contributed by atoms with E-state index in [0.717, 1.165) is 11.5 Å². The van der Waals surface area contributed by atoms with Gasteiger partial charge in [-0.3, -0.25) is 0 Å². The molecule has 1 aliphatic carbocycles. The third kappa shape index (κ3) is 2.38. The van der Waals surface area contributed by atoms with Gasteiger partial charge in [0.05, 0.1) is 14.2 Å². The summed E-state index contributed by atoms with van der Waals surface area (Å²) in [6.07, 6.45) is 2.53. The molecule has 0 aliphatic heterocycles. The summed E-state index contributed by atoms with van der Waals surface area (Å²) in [5.41, 5.74) is 2.83. The molecule has 2 aromatic carbocycles. The number of hydrogen-bond donors (Lipinski definition) is 0. The Morgan fingerprint density at radius 1 is 0.650 bits per heavy atom. The molecule has 2 heteroatoms. The summed E-state index contributed by atoms with van der Waals surface area (Å²) in [5.74, 6) is 3.12. The highest BCUT2D eigenvalue weighted by molar-refractivity contribution is 5.37. The van der Waals surface area contributed by atoms with Crippen LogP contribution in [-0.2, 0) is 0 Å². The third-order valence-corrected chi connectivity index (χ3v) is 4.36. The SMILES string of the molecule is COc1ccc(C2CCC2c2ccc(OC)cc2)cc1. The van der Waals surface area contributed by atoms with Gasteiger partial charge in [0, 0.05) is 0 Å². The summed E-state index contributed by atoms with van der Waals surface area (Å²) in [4.78, 5) is 0. The second-order valence-electron chi connectivity index (χ2n) is 5.34. The Hall–Kier alpha value is -1.96. The molecule has 0 aromatic heterocycles. The number of ether oxygens (including phenoxy) is 2. The zero-order valence-corrected chi connectivity index (χ0v) is 12.0. The fourth-order valence-electron chi connectivity index (χ4n) is 3.00. The van der Waals surface area contributed by atoms with Crippen molar-refractivity contribution in [1.82, 2.24) is 0 Å². The van der Waals surface area contributed by atoms with Crippen molar-refractivity contribution in [3.05, 3.63) is 59.7 Å². The van der Waals surface area contributed by atoms with Gasteiger partial charge >= 0.3 is 0 Å². The summed E-state index contributed by atoms with van der Waals surface area (Å²) in [5, 5.41) is 0. The zero-order valence-electron chi connectivity index (χ0n) is 12.0. The van der Waals surface area contributed by atoms with Gasteiger partial charge < -0.3 is 9.47 Å². The normalized spacial score (nSPS) is 21.1. The lowest BCUT2D eigenvalue weighted by Crippen LogP contribution is -2.21. The molecule has 20 heavy (non-hydrogen) atoms. The molecule has 2 aromatic rings. The maximum Gasteiger partial charge on any atom is 0.118 e. The Balaban J connectivity index is 1.77. The Morgan fingerprint density at radius 2 is 1.00 bits per heavy atom. The van der Waals surface area contributed by atoms with Crippen molar-refractivity contribution in [3.8, 4) is 11.5 Å². The van der Waals surface area contributed by atoms with Crippen LogP contribution in [0.15, 0.2) is 48.5 Å². The molecular formula is C18H20O2. The second-order valence-corrected chi connectivity index (χ2v) is 5.34. The van der Waals surface area contributed by atoms with E-state index in [0.29, 0.717) is 11.8 Å². The summed E-state index contributed by atoms with van der Waals surface area (Å²) in [7, 11) is 3.41. The summed E-state index contributed by atoms with van der Waals surface area (Å²) in [6, 6.07) is 17.0. The van der Waals surface area contributed by atoms with E-state index in [1.807, 2.05) is 0 Å². The summed E-state index contributed by atoms with van der Waals surface area (Å²) in [6.45, 7) is 0. The molecule has 104 valence electrons. The zero-order chi connectivity index (χ0) is 13.9. The monoisotopic (exact) mass is 268 g/mol. The van der Waals surface area contributed by atoms with E-state index < -0.39 is 0 Å². The molecule has 0 bridgehead atoms. The molecule has 1 saturated carbocycles. The number of rotatable bonds is 4. The second kappa shape index (κ2) is 5.58. The minimum Gasteiger partial charge on any atom is -0.497 e. The third-order valence-electron chi connectivity index (χ3n) is 4.36. The predicted molar refractivity (Wildman–Crippen MR) is 80.7 cm³/mol. The van der Waals surface area contributed by atoms with Gasteiger partial charge in [0.1, 0.15) is 11.5 Å². The summed E-state index contributed by atoms with van der Waals surface area (Å²) < 4.78 is 10.4. The van der Waals surface area contributed by atoms with E-state index in [4.69, 9.17) is 9.47 Å². The lowest BCUT2D eigenvalue weighted by Gasteiger charge is -2.37. The minimum absolute atomic E-state index is 0.634. The molecule has 1 aliphatic rings. The quantitative estimate of drug-likeness (QED) is 0.820. The molecule has 0 saturated heterocycles. The Kier molecular flexibility index (Phi) is 3.64. The fraction of sp³-hybridized carbons (Fsp3) is 0.333. The van der Waals surface area contributed by atoms with Crippen molar-refractivity contribution in [2.24, 2.45) is 0 Å². The van der Waals surface area contributed by atoms with E-state index in [1.54, 1.807) is 14.2 Å². The molecule has 2 atom stereocenters. The lowest BCUT2D eigenvalue weighted by molar-refractivity contribution is 0.345.